The molecule has 0 spiro atoms. The van der Waals surface area contributed by atoms with E-state index in [0.29, 0.717) is 64.3 Å². The van der Waals surface area contributed by atoms with Crippen molar-refractivity contribution in [3.63, 3.8) is 0 Å². The molecule has 36 heavy (non-hydrogen) atoms. The van der Waals surface area contributed by atoms with Crippen LogP contribution in [0.1, 0.15) is 18.4 Å². The van der Waals surface area contributed by atoms with Crippen LogP contribution in [0.3, 0.4) is 0 Å². The van der Waals surface area contributed by atoms with E-state index in [1.54, 1.807) is 4.90 Å². The fraction of sp³-hybridized carbons (Fsp3) is 0.625. The second-order valence-corrected chi connectivity index (χ2v) is 9.44. The van der Waals surface area contributed by atoms with Gasteiger partial charge in [0.2, 0.25) is 5.95 Å². The number of aliphatic hydroxyl groups excluding tert-OH is 1. The van der Waals surface area contributed by atoms with Crippen LogP contribution in [0.2, 0.25) is 0 Å². The summed E-state index contributed by atoms with van der Waals surface area (Å²) >= 11 is 0. The van der Waals surface area contributed by atoms with E-state index >= 15 is 0 Å². The topological polar surface area (TPSA) is 81.1 Å². The number of nitrogens with zero attached hydrogens (tertiary/aromatic N) is 7. The molecule has 0 atom stereocenters. The van der Waals surface area contributed by atoms with Gasteiger partial charge in [0.25, 0.3) is 0 Å². The van der Waals surface area contributed by atoms with Gasteiger partial charge in [-0.1, -0.05) is 0 Å². The molecule has 0 saturated carbocycles. The molecule has 196 valence electrons. The van der Waals surface area contributed by atoms with Crippen LogP contribution in [0.5, 0.6) is 0 Å². The van der Waals surface area contributed by atoms with Gasteiger partial charge in [0.15, 0.2) is 0 Å². The Balaban J connectivity index is 1.36. The molecule has 1 N–H and O–H groups in total. The van der Waals surface area contributed by atoms with Crippen LogP contribution in [0.15, 0.2) is 24.4 Å². The summed E-state index contributed by atoms with van der Waals surface area (Å²) < 4.78 is 46.0. The Morgan fingerprint density at radius 2 is 1.47 bits per heavy atom. The zero-order valence-corrected chi connectivity index (χ0v) is 20.2. The number of piperazine rings is 1. The summed E-state index contributed by atoms with van der Waals surface area (Å²) in [4.78, 5) is 22.0. The lowest BCUT2D eigenvalue weighted by Crippen LogP contribution is -2.48. The summed E-state index contributed by atoms with van der Waals surface area (Å²) in [6, 6.07) is 4.39. The van der Waals surface area contributed by atoms with Crippen molar-refractivity contribution in [1.82, 2.24) is 15.0 Å². The zero-order chi connectivity index (χ0) is 25.1. The molecule has 2 aromatic heterocycles. The van der Waals surface area contributed by atoms with Gasteiger partial charge in [0.1, 0.15) is 17.5 Å². The number of morpholine rings is 1. The Morgan fingerprint density at radius 3 is 2.08 bits per heavy atom. The molecule has 3 saturated heterocycles. The number of halogens is 3. The summed E-state index contributed by atoms with van der Waals surface area (Å²) in [5, 5.41) is 9.50. The van der Waals surface area contributed by atoms with Crippen molar-refractivity contribution < 1.29 is 23.0 Å². The third-order valence-electron chi connectivity index (χ3n) is 7.17. The Bertz CT molecular complexity index is 1020. The molecule has 2 aromatic rings. The Morgan fingerprint density at radius 1 is 0.861 bits per heavy atom. The maximum atomic E-state index is 13.5. The van der Waals surface area contributed by atoms with Crippen molar-refractivity contribution in [3.8, 4) is 0 Å². The highest BCUT2D eigenvalue weighted by Crippen LogP contribution is 2.36. The Hall–Kier alpha value is -2.86. The lowest BCUT2D eigenvalue weighted by molar-refractivity contribution is -0.137. The molecule has 3 aliphatic rings. The molecular weight excluding hydrogens is 475 g/mol. The van der Waals surface area contributed by atoms with Crippen LogP contribution in [-0.4, -0.2) is 92.2 Å². The number of aromatic nitrogens is 3. The number of hydrogen-bond acceptors (Lipinski definition) is 9. The van der Waals surface area contributed by atoms with Crippen molar-refractivity contribution in [2.24, 2.45) is 5.92 Å². The first-order chi connectivity index (χ1) is 17.4. The molecule has 0 amide bonds. The summed E-state index contributed by atoms with van der Waals surface area (Å²) in [6.45, 7) is 6.38. The second kappa shape index (κ2) is 10.6. The largest absolute Gasteiger partial charge is 0.419 e. The highest BCUT2D eigenvalue weighted by molar-refractivity contribution is 5.57. The molecule has 0 bridgehead atoms. The first kappa shape index (κ1) is 24.8. The molecule has 0 radical (unpaired) electrons. The van der Waals surface area contributed by atoms with Crippen LogP contribution in [0.25, 0.3) is 0 Å². The van der Waals surface area contributed by atoms with Crippen molar-refractivity contribution in [1.29, 1.82) is 0 Å². The van der Waals surface area contributed by atoms with Gasteiger partial charge in [-0.25, -0.2) is 4.98 Å². The maximum absolute atomic E-state index is 13.5. The fourth-order valence-electron chi connectivity index (χ4n) is 5.00. The third kappa shape index (κ3) is 5.44. The molecule has 9 nitrogen and oxygen atoms in total. The van der Waals surface area contributed by atoms with Crippen LogP contribution in [-0.2, 0) is 10.9 Å². The number of piperidine rings is 1. The number of aliphatic hydroxyl groups is 1. The number of alkyl halides is 3. The smallest absolute Gasteiger partial charge is 0.396 e. The van der Waals surface area contributed by atoms with Crippen LogP contribution >= 0.6 is 0 Å². The normalized spacial score (nSPS) is 20.2. The number of hydrogen-bond donors (Lipinski definition) is 1. The molecule has 0 aromatic carbocycles. The van der Waals surface area contributed by atoms with Crippen molar-refractivity contribution in [2.45, 2.75) is 19.0 Å². The average Bonchev–Trinajstić information content (AvgIpc) is 2.93. The summed E-state index contributed by atoms with van der Waals surface area (Å²) in [7, 11) is 0. The molecule has 3 aliphatic heterocycles. The van der Waals surface area contributed by atoms with Crippen LogP contribution in [0.4, 0.5) is 36.6 Å². The van der Waals surface area contributed by atoms with Crippen LogP contribution < -0.4 is 19.6 Å². The number of pyridine rings is 1. The van der Waals surface area contributed by atoms with Crippen molar-refractivity contribution in [2.75, 3.05) is 91.8 Å². The minimum atomic E-state index is -4.45. The van der Waals surface area contributed by atoms with Crippen LogP contribution in [0, 0.1) is 5.92 Å². The quantitative estimate of drug-likeness (QED) is 0.656. The van der Waals surface area contributed by atoms with E-state index in [-0.39, 0.29) is 12.4 Å². The average molecular weight is 508 g/mol. The molecule has 5 rings (SSSR count). The van der Waals surface area contributed by atoms with E-state index in [1.165, 1.54) is 12.3 Å². The highest BCUT2D eigenvalue weighted by atomic mass is 19.4. The van der Waals surface area contributed by atoms with Gasteiger partial charge in [-0.3, -0.25) is 0 Å². The van der Waals surface area contributed by atoms with E-state index in [1.807, 2.05) is 6.07 Å². The third-order valence-corrected chi connectivity index (χ3v) is 7.17. The summed E-state index contributed by atoms with van der Waals surface area (Å²) in [6.07, 6.45) is -1.22. The lowest BCUT2D eigenvalue weighted by Gasteiger charge is -2.38. The summed E-state index contributed by atoms with van der Waals surface area (Å²) in [5.41, 5.74) is -0.705. The SMILES string of the molecule is OCC1CCN(c2cc(N3CCN(c4ncccc4C(F)(F)F)CC3)nc(N3CCOCC3)n2)CC1. The van der Waals surface area contributed by atoms with E-state index in [2.05, 4.69) is 19.7 Å². The van der Waals surface area contributed by atoms with E-state index in [0.717, 1.165) is 43.6 Å². The van der Waals surface area contributed by atoms with E-state index in [9.17, 15) is 18.3 Å². The molecular formula is C24H32F3N7O2. The van der Waals surface area contributed by atoms with Crippen molar-refractivity contribution in [3.05, 3.63) is 30.0 Å². The van der Waals surface area contributed by atoms with Gasteiger partial charge < -0.3 is 29.4 Å². The predicted molar refractivity (Wildman–Crippen MR) is 131 cm³/mol. The van der Waals surface area contributed by atoms with Gasteiger partial charge in [-0.05, 0) is 30.9 Å². The predicted octanol–water partition coefficient (Wildman–Crippen LogP) is 2.26. The number of anilines is 4. The second-order valence-electron chi connectivity index (χ2n) is 9.44. The minimum absolute atomic E-state index is 0.0196. The van der Waals surface area contributed by atoms with Gasteiger partial charge >= 0.3 is 6.18 Å². The molecule has 0 unspecified atom stereocenters. The van der Waals surface area contributed by atoms with Gasteiger partial charge in [0.05, 0.1) is 18.8 Å². The Labute approximate surface area is 208 Å². The van der Waals surface area contributed by atoms with Gasteiger partial charge in [0, 0.05) is 71.2 Å². The molecule has 5 heterocycles. The number of ether oxygens (including phenoxy) is 1. The number of rotatable bonds is 5. The Kier molecular flexibility index (Phi) is 7.33. The van der Waals surface area contributed by atoms with Gasteiger partial charge in [-0.2, -0.15) is 23.1 Å². The molecule has 3 fully saturated rings. The standard InChI is InChI=1S/C24H32F3N7O2/c25-24(26,27)19-2-1-5-28-22(19)33-10-8-32(9-11-33)21-16-20(31-6-3-18(17-35)4-7-31)29-23(30-21)34-12-14-36-15-13-34/h1-2,5,16,18,35H,3-4,6-15,17H2. The first-order valence-corrected chi connectivity index (χ1v) is 12.5. The molecule has 0 aliphatic carbocycles. The monoisotopic (exact) mass is 507 g/mol. The highest BCUT2D eigenvalue weighted by Gasteiger charge is 2.36. The van der Waals surface area contributed by atoms with Gasteiger partial charge in [-0.15, -0.1) is 0 Å². The summed E-state index contributed by atoms with van der Waals surface area (Å²) in [5.74, 6) is 2.59. The zero-order valence-electron chi connectivity index (χ0n) is 20.2. The first-order valence-electron chi connectivity index (χ1n) is 12.5. The van der Waals surface area contributed by atoms with E-state index in [4.69, 9.17) is 14.7 Å². The minimum Gasteiger partial charge on any atom is -0.396 e. The maximum Gasteiger partial charge on any atom is 0.419 e. The van der Waals surface area contributed by atoms with E-state index < -0.39 is 11.7 Å². The lowest BCUT2D eigenvalue weighted by atomic mass is 9.98. The fourth-order valence-corrected chi connectivity index (χ4v) is 5.00. The van der Waals surface area contributed by atoms with Crippen molar-refractivity contribution >= 4 is 23.4 Å². The molecule has 12 heteroatoms.